The molecule has 1 aliphatic carbocycles. The average molecular weight is 472 g/mol. The van der Waals surface area contributed by atoms with Gasteiger partial charge in [0.1, 0.15) is 5.82 Å². The predicted octanol–water partition coefficient (Wildman–Crippen LogP) is 5.65. The molecule has 2 heterocycles. The fourth-order valence-electron chi connectivity index (χ4n) is 4.04. The number of methoxy groups -OCH3 is 1. The number of nitrogens with zero attached hydrogens (tertiary/aromatic N) is 2. The highest BCUT2D eigenvalue weighted by Crippen LogP contribution is 2.38. The van der Waals surface area contributed by atoms with Crippen molar-refractivity contribution in [3.8, 4) is 22.9 Å². The van der Waals surface area contributed by atoms with Gasteiger partial charge in [0.2, 0.25) is 5.82 Å². The van der Waals surface area contributed by atoms with Crippen molar-refractivity contribution in [2.75, 3.05) is 7.11 Å². The summed E-state index contributed by atoms with van der Waals surface area (Å²) >= 11 is 5.88. The van der Waals surface area contributed by atoms with E-state index in [1.807, 2.05) is 24.3 Å². The van der Waals surface area contributed by atoms with Crippen LogP contribution in [0.4, 0.5) is 4.39 Å². The lowest BCUT2D eigenvalue weighted by atomic mass is 10.0. The van der Waals surface area contributed by atoms with E-state index in [0.717, 1.165) is 24.1 Å². The zero-order chi connectivity index (χ0) is 23.0. The van der Waals surface area contributed by atoms with Crippen LogP contribution in [0.5, 0.6) is 11.5 Å². The lowest BCUT2D eigenvalue weighted by Gasteiger charge is -2.17. The topological polar surface area (TPSA) is 78.6 Å². The van der Waals surface area contributed by atoms with Crippen molar-refractivity contribution < 1.29 is 23.2 Å². The Hall–Kier alpha value is -3.10. The Labute approximate surface area is 195 Å². The number of hydrogen-bond donors (Lipinski definition) is 1. The molecular formula is C24H23ClFN3O4. The van der Waals surface area contributed by atoms with Gasteiger partial charge in [0.15, 0.2) is 17.1 Å². The second kappa shape index (κ2) is 8.68. The summed E-state index contributed by atoms with van der Waals surface area (Å²) in [6.07, 6.45) is 6.54. The van der Waals surface area contributed by atoms with Gasteiger partial charge >= 0.3 is 0 Å². The van der Waals surface area contributed by atoms with Gasteiger partial charge in [0, 0.05) is 11.1 Å². The van der Waals surface area contributed by atoms with Gasteiger partial charge in [0.25, 0.3) is 5.89 Å². The number of ether oxygens (including phenoxy) is 2. The monoisotopic (exact) mass is 471 g/mol. The summed E-state index contributed by atoms with van der Waals surface area (Å²) in [5, 5.41) is 3.99. The molecule has 1 unspecified atom stereocenters. The summed E-state index contributed by atoms with van der Waals surface area (Å²) in [7, 11) is 1.63. The number of benzene rings is 2. The lowest BCUT2D eigenvalue weighted by molar-refractivity contribution is -0.0445. The molecule has 1 fully saturated rings. The van der Waals surface area contributed by atoms with Gasteiger partial charge in [-0.15, -0.1) is 0 Å². The molecule has 7 nitrogen and oxygen atoms in total. The summed E-state index contributed by atoms with van der Waals surface area (Å²) in [5.74, 6) is 1.41. The van der Waals surface area contributed by atoms with Crippen molar-refractivity contribution in [2.45, 2.75) is 44.3 Å². The van der Waals surface area contributed by atoms with Crippen LogP contribution in [-0.4, -0.2) is 23.4 Å². The molecular weight excluding hydrogens is 449 g/mol. The van der Waals surface area contributed by atoms with Crippen molar-refractivity contribution >= 4 is 17.3 Å². The standard InChI is InChI=1S/C24H23ClFN3O4/c1-24(23-27-22(29-32-23)15-7-9-18(26)17(25)11-15)13-19(28-33-24)14-8-10-20(30-2)21(12-14)31-16-5-3-4-6-16/h7-13,16,28H,3-6H2,1-2H3. The SMILES string of the molecule is COc1ccc(C2=CC(C)(c3nc(-c4ccc(F)c(Cl)c4)no3)ON2)cc1OC1CCCC1. The van der Waals surface area contributed by atoms with Crippen LogP contribution in [0.25, 0.3) is 17.1 Å². The van der Waals surface area contributed by atoms with Crippen LogP contribution in [0, 0.1) is 5.82 Å². The van der Waals surface area contributed by atoms with Gasteiger partial charge in [-0.2, -0.15) is 4.98 Å². The minimum atomic E-state index is -1.00. The highest BCUT2D eigenvalue weighted by atomic mass is 35.5. The number of aromatic nitrogens is 2. The summed E-state index contributed by atoms with van der Waals surface area (Å²) in [6.45, 7) is 1.81. The molecule has 3 aromatic rings. The number of hydrogen-bond acceptors (Lipinski definition) is 7. The quantitative estimate of drug-likeness (QED) is 0.497. The van der Waals surface area contributed by atoms with E-state index in [2.05, 4.69) is 15.6 Å². The molecule has 1 aromatic heterocycles. The highest BCUT2D eigenvalue weighted by molar-refractivity contribution is 6.31. The molecule has 33 heavy (non-hydrogen) atoms. The summed E-state index contributed by atoms with van der Waals surface area (Å²) in [4.78, 5) is 10.3. The van der Waals surface area contributed by atoms with E-state index >= 15 is 0 Å². The van der Waals surface area contributed by atoms with E-state index in [9.17, 15) is 4.39 Å². The molecule has 0 spiro atoms. The van der Waals surface area contributed by atoms with E-state index in [1.165, 1.54) is 31.0 Å². The first-order valence-corrected chi connectivity index (χ1v) is 11.1. The van der Waals surface area contributed by atoms with Gasteiger partial charge in [0.05, 0.1) is 23.9 Å². The number of nitrogens with one attached hydrogen (secondary N) is 1. The van der Waals surface area contributed by atoms with Crippen LogP contribution in [0.2, 0.25) is 5.02 Å². The first-order valence-electron chi connectivity index (χ1n) is 10.8. The first-order chi connectivity index (χ1) is 15.9. The molecule has 0 radical (unpaired) electrons. The second-order valence-corrected chi connectivity index (χ2v) is 8.72. The normalized spacial score (nSPS) is 20.5. The Morgan fingerprint density at radius 3 is 2.67 bits per heavy atom. The maximum absolute atomic E-state index is 13.5. The van der Waals surface area contributed by atoms with Gasteiger partial charge in [-0.1, -0.05) is 16.8 Å². The van der Waals surface area contributed by atoms with Crippen LogP contribution in [0.1, 0.15) is 44.1 Å². The third kappa shape index (κ3) is 4.28. The van der Waals surface area contributed by atoms with Crippen molar-refractivity contribution in [3.05, 3.63) is 64.8 Å². The predicted molar refractivity (Wildman–Crippen MR) is 120 cm³/mol. The summed E-state index contributed by atoms with van der Waals surface area (Å²) in [6, 6.07) is 9.98. The van der Waals surface area contributed by atoms with Crippen LogP contribution in [0.3, 0.4) is 0 Å². The van der Waals surface area contributed by atoms with E-state index in [4.69, 9.17) is 30.4 Å². The van der Waals surface area contributed by atoms with Crippen molar-refractivity contribution in [1.29, 1.82) is 0 Å². The minimum Gasteiger partial charge on any atom is -0.493 e. The Balaban J connectivity index is 1.41. The fourth-order valence-corrected chi connectivity index (χ4v) is 4.22. The molecule has 5 rings (SSSR count). The molecule has 1 saturated carbocycles. The molecule has 0 bridgehead atoms. The first kappa shape index (κ1) is 21.7. The number of halogens is 2. The Bertz CT molecular complexity index is 1210. The van der Waals surface area contributed by atoms with Gasteiger partial charge < -0.3 is 14.0 Å². The lowest BCUT2D eigenvalue weighted by Crippen LogP contribution is -2.23. The highest BCUT2D eigenvalue weighted by Gasteiger charge is 2.38. The largest absolute Gasteiger partial charge is 0.493 e. The van der Waals surface area contributed by atoms with E-state index in [0.29, 0.717) is 17.1 Å². The van der Waals surface area contributed by atoms with Gasteiger partial charge in [-0.3, -0.25) is 10.3 Å². The molecule has 9 heteroatoms. The summed E-state index contributed by atoms with van der Waals surface area (Å²) < 4.78 is 30.6. The molecule has 172 valence electrons. The number of rotatable bonds is 6. The van der Waals surface area contributed by atoms with E-state index in [1.54, 1.807) is 14.0 Å². The summed E-state index contributed by atoms with van der Waals surface area (Å²) in [5.41, 5.74) is 4.10. The molecule has 1 aliphatic heterocycles. The molecule has 1 N–H and O–H groups in total. The smallest absolute Gasteiger partial charge is 0.265 e. The molecule has 2 aromatic carbocycles. The maximum Gasteiger partial charge on any atom is 0.265 e. The second-order valence-electron chi connectivity index (χ2n) is 8.31. The Morgan fingerprint density at radius 2 is 1.91 bits per heavy atom. The van der Waals surface area contributed by atoms with Crippen LogP contribution in [-0.2, 0) is 10.4 Å². The molecule has 1 atom stereocenters. The van der Waals surface area contributed by atoms with Crippen LogP contribution < -0.4 is 15.0 Å². The Kier molecular flexibility index (Phi) is 5.72. The van der Waals surface area contributed by atoms with E-state index < -0.39 is 11.4 Å². The van der Waals surface area contributed by atoms with Gasteiger partial charge in [-0.25, -0.2) is 4.39 Å². The fraction of sp³-hybridized carbons (Fsp3) is 0.333. The van der Waals surface area contributed by atoms with Crippen molar-refractivity contribution in [1.82, 2.24) is 15.6 Å². The Morgan fingerprint density at radius 1 is 1.12 bits per heavy atom. The zero-order valence-electron chi connectivity index (χ0n) is 18.2. The van der Waals surface area contributed by atoms with Crippen molar-refractivity contribution in [2.24, 2.45) is 0 Å². The minimum absolute atomic E-state index is 0.0128. The molecule has 0 amide bonds. The van der Waals surface area contributed by atoms with Crippen molar-refractivity contribution in [3.63, 3.8) is 0 Å². The van der Waals surface area contributed by atoms with Gasteiger partial charge in [-0.05, 0) is 75.1 Å². The van der Waals surface area contributed by atoms with Crippen LogP contribution >= 0.6 is 11.6 Å². The van der Waals surface area contributed by atoms with Crippen LogP contribution in [0.15, 0.2) is 47.0 Å². The number of hydroxylamine groups is 1. The third-order valence-corrected chi connectivity index (χ3v) is 6.18. The third-order valence-electron chi connectivity index (χ3n) is 5.89. The zero-order valence-corrected chi connectivity index (χ0v) is 19.0. The molecule has 0 saturated heterocycles. The maximum atomic E-state index is 13.5. The molecule has 2 aliphatic rings. The van der Waals surface area contributed by atoms with E-state index in [-0.39, 0.29) is 22.8 Å². The average Bonchev–Trinajstić information content (AvgIpc) is 3.57.